The molecule has 0 amide bonds. The minimum Gasteiger partial charge on any atom is -0.458 e. The van der Waals surface area contributed by atoms with Crippen LogP contribution in [0.1, 0.15) is 29.5 Å². The topological polar surface area (TPSA) is 104 Å². The molecule has 1 aromatic carbocycles. The highest BCUT2D eigenvalue weighted by molar-refractivity contribution is 5.94. The number of carbonyl (C=O) groups excluding carboxylic acids is 1. The number of aromatic nitrogens is 2. The molecule has 0 bridgehead atoms. The number of aromatic amines is 2. The Hall–Kier alpha value is -3.56. The molecular formula is C19H16F3N3O4. The molecule has 2 aromatic rings. The molecule has 2 heterocycles. The molecule has 0 radical (unpaired) electrons. The van der Waals surface area contributed by atoms with Crippen LogP contribution in [-0.4, -0.2) is 22.5 Å². The van der Waals surface area contributed by atoms with E-state index in [-0.39, 0.29) is 34.8 Å². The molecule has 0 saturated heterocycles. The number of carbonyl (C=O) groups is 1. The maximum Gasteiger partial charge on any atom is 0.416 e. The fourth-order valence-corrected chi connectivity index (χ4v) is 3.29. The molecule has 29 heavy (non-hydrogen) atoms. The Balaban J connectivity index is 2.34. The van der Waals surface area contributed by atoms with Crippen LogP contribution in [0.15, 0.2) is 57.8 Å². The first-order chi connectivity index (χ1) is 13.6. The average molecular weight is 407 g/mol. The molecule has 0 aliphatic carbocycles. The Bertz CT molecular complexity index is 1130. The molecule has 1 aliphatic rings. The molecule has 0 spiro atoms. The Labute approximate surface area is 161 Å². The highest BCUT2D eigenvalue weighted by atomic mass is 19.4. The van der Waals surface area contributed by atoms with Crippen molar-refractivity contribution in [1.29, 1.82) is 0 Å². The fraction of sp³-hybridized carbons (Fsp3) is 0.211. The van der Waals surface area contributed by atoms with Crippen LogP contribution >= 0.6 is 0 Å². The van der Waals surface area contributed by atoms with E-state index in [1.165, 1.54) is 31.2 Å². The number of halogens is 3. The zero-order valence-corrected chi connectivity index (χ0v) is 15.1. The summed E-state index contributed by atoms with van der Waals surface area (Å²) in [6.07, 6.45) is -3.43. The molecule has 0 unspecified atom stereocenters. The van der Waals surface area contributed by atoms with Gasteiger partial charge in [0, 0.05) is 5.70 Å². The zero-order valence-electron chi connectivity index (χ0n) is 15.1. The van der Waals surface area contributed by atoms with Gasteiger partial charge in [0.15, 0.2) is 0 Å². The van der Waals surface area contributed by atoms with Crippen LogP contribution < -0.4 is 16.6 Å². The molecule has 1 atom stereocenters. The van der Waals surface area contributed by atoms with Crippen molar-refractivity contribution in [2.24, 2.45) is 0 Å². The van der Waals surface area contributed by atoms with Crippen LogP contribution in [0.3, 0.4) is 0 Å². The molecule has 0 saturated carbocycles. The molecular weight excluding hydrogens is 391 g/mol. The first-order valence-electron chi connectivity index (χ1n) is 8.43. The van der Waals surface area contributed by atoms with Gasteiger partial charge in [0.25, 0.3) is 5.56 Å². The van der Waals surface area contributed by atoms with E-state index in [4.69, 9.17) is 4.74 Å². The number of alkyl halides is 3. The van der Waals surface area contributed by atoms with Crippen molar-refractivity contribution in [3.05, 3.63) is 85.7 Å². The number of fused-ring (bicyclic) bond motifs is 1. The van der Waals surface area contributed by atoms with Crippen LogP contribution in [0.2, 0.25) is 0 Å². The lowest BCUT2D eigenvalue weighted by molar-refractivity contribution is -0.140. The number of rotatable bonds is 4. The van der Waals surface area contributed by atoms with Crippen molar-refractivity contribution in [3.63, 3.8) is 0 Å². The van der Waals surface area contributed by atoms with E-state index in [0.29, 0.717) is 0 Å². The van der Waals surface area contributed by atoms with Gasteiger partial charge in [0.2, 0.25) is 0 Å². The van der Waals surface area contributed by atoms with Crippen molar-refractivity contribution < 1.29 is 22.7 Å². The van der Waals surface area contributed by atoms with Crippen molar-refractivity contribution in [2.75, 3.05) is 11.9 Å². The Morgan fingerprint density at radius 2 is 1.93 bits per heavy atom. The van der Waals surface area contributed by atoms with Gasteiger partial charge in [-0.15, -0.1) is 0 Å². The lowest BCUT2D eigenvalue weighted by atomic mass is 9.80. The molecule has 0 fully saturated rings. The molecule has 10 heteroatoms. The largest absolute Gasteiger partial charge is 0.458 e. The lowest BCUT2D eigenvalue weighted by Gasteiger charge is -2.30. The SMILES string of the molecule is C=CCOC(=O)C1=C(C)Nc2[nH]c(=O)[nH]c(=O)c2[C@H]1c1ccccc1C(F)(F)F. The van der Waals surface area contributed by atoms with Crippen LogP contribution in [-0.2, 0) is 15.7 Å². The Morgan fingerprint density at radius 1 is 1.24 bits per heavy atom. The number of hydrogen-bond acceptors (Lipinski definition) is 5. The van der Waals surface area contributed by atoms with E-state index >= 15 is 0 Å². The van der Waals surface area contributed by atoms with Crippen molar-refractivity contribution in [1.82, 2.24) is 9.97 Å². The van der Waals surface area contributed by atoms with Crippen LogP contribution in [0, 0.1) is 0 Å². The third kappa shape index (κ3) is 3.73. The Kier molecular flexibility index (Phi) is 5.19. The van der Waals surface area contributed by atoms with Crippen LogP contribution in [0.5, 0.6) is 0 Å². The summed E-state index contributed by atoms with van der Waals surface area (Å²) in [5, 5.41) is 2.70. The molecule has 7 nitrogen and oxygen atoms in total. The summed E-state index contributed by atoms with van der Waals surface area (Å²) in [7, 11) is 0. The van der Waals surface area contributed by atoms with Gasteiger partial charge in [0.05, 0.1) is 22.6 Å². The van der Waals surface area contributed by atoms with Crippen LogP contribution in [0.25, 0.3) is 0 Å². The van der Waals surface area contributed by atoms with Gasteiger partial charge in [-0.1, -0.05) is 30.9 Å². The minimum atomic E-state index is -4.74. The molecule has 3 N–H and O–H groups in total. The first kappa shape index (κ1) is 20.2. The number of anilines is 1. The second-order valence-electron chi connectivity index (χ2n) is 6.27. The van der Waals surface area contributed by atoms with E-state index in [9.17, 15) is 27.6 Å². The maximum absolute atomic E-state index is 13.7. The van der Waals surface area contributed by atoms with E-state index in [2.05, 4.69) is 16.9 Å². The zero-order chi connectivity index (χ0) is 21.3. The van der Waals surface area contributed by atoms with E-state index < -0.39 is 34.9 Å². The summed E-state index contributed by atoms with van der Waals surface area (Å²) >= 11 is 0. The van der Waals surface area contributed by atoms with Gasteiger partial charge in [-0.3, -0.25) is 14.8 Å². The van der Waals surface area contributed by atoms with E-state index in [1.54, 1.807) is 0 Å². The first-order valence-corrected chi connectivity index (χ1v) is 8.43. The normalized spacial score (nSPS) is 16.1. The molecule has 3 rings (SSSR count). The highest BCUT2D eigenvalue weighted by Gasteiger charge is 2.41. The molecule has 152 valence electrons. The standard InChI is InChI=1S/C19H16F3N3O4/c1-3-8-29-17(27)12-9(2)23-15-14(16(26)25-18(28)24-15)13(12)10-6-4-5-7-11(10)19(20,21)22/h3-7,13H,1,8H2,2H3,(H3,23,24,25,26,28)/t13-/m0/s1. The van der Waals surface area contributed by atoms with Crippen molar-refractivity contribution in [2.45, 2.75) is 19.0 Å². The number of benzene rings is 1. The van der Waals surface area contributed by atoms with Crippen molar-refractivity contribution in [3.8, 4) is 0 Å². The predicted octanol–water partition coefficient (Wildman–Crippen LogP) is 2.64. The third-order valence-corrected chi connectivity index (χ3v) is 4.40. The molecule has 1 aliphatic heterocycles. The average Bonchev–Trinajstić information content (AvgIpc) is 2.64. The van der Waals surface area contributed by atoms with Gasteiger partial charge in [-0.05, 0) is 18.6 Å². The number of allylic oxidation sites excluding steroid dienone is 1. The maximum atomic E-state index is 13.7. The number of esters is 1. The summed E-state index contributed by atoms with van der Waals surface area (Å²) < 4.78 is 46.0. The van der Waals surface area contributed by atoms with Crippen molar-refractivity contribution >= 4 is 11.8 Å². The second kappa shape index (κ2) is 7.46. The highest BCUT2D eigenvalue weighted by Crippen LogP contribution is 2.44. The van der Waals surface area contributed by atoms with Gasteiger partial charge >= 0.3 is 17.8 Å². The van der Waals surface area contributed by atoms with Gasteiger partial charge in [-0.25, -0.2) is 9.59 Å². The number of hydrogen-bond donors (Lipinski definition) is 3. The number of ether oxygens (including phenoxy) is 1. The Morgan fingerprint density at radius 3 is 2.59 bits per heavy atom. The smallest absolute Gasteiger partial charge is 0.416 e. The number of nitrogens with one attached hydrogen (secondary N) is 3. The van der Waals surface area contributed by atoms with E-state index in [0.717, 1.165) is 6.07 Å². The lowest BCUT2D eigenvalue weighted by Crippen LogP contribution is -2.35. The van der Waals surface area contributed by atoms with Gasteiger partial charge < -0.3 is 10.1 Å². The quantitative estimate of drug-likeness (QED) is 0.534. The third-order valence-electron chi connectivity index (χ3n) is 4.40. The predicted molar refractivity (Wildman–Crippen MR) is 98.4 cm³/mol. The fourth-order valence-electron chi connectivity index (χ4n) is 3.29. The number of H-pyrrole nitrogens is 2. The van der Waals surface area contributed by atoms with E-state index in [1.807, 2.05) is 4.98 Å². The summed E-state index contributed by atoms with van der Waals surface area (Å²) in [6.45, 7) is 4.70. The summed E-state index contributed by atoms with van der Waals surface area (Å²) in [4.78, 5) is 41.2. The summed E-state index contributed by atoms with van der Waals surface area (Å²) in [5.74, 6) is -2.41. The van der Waals surface area contributed by atoms with Crippen LogP contribution in [0.4, 0.5) is 19.0 Å². The molecule has 1 aromatic heterocycles. The van der Waals surface area contributed by atoms with Gasteiger partial charge in [0.1, 0.15) is 12.4 Å². The van der Waals surface area contributed by atoms with Gasteiger partial charge in [-0.2, -0.15) is 13.2 Å². The minimum absolute atomic E-state index is 0.0847. The summed E-state index contributed by atoms with van der Waals surface area (Å²) in [5.41, 5.74) is -3.33. The second-order valence-corrected chi connectivity index (χ2v) is 6.27. The monoisotopic (exact) mass is 407 g/mol. The summed E-state index contributed by atoms with van der Waals surface area (Å²) in [6, 6.07) is 4.62.